The van der Waals surface area contributed by atoms with Gasteiger partial charge in [0.2, 0.25) is 0 Å². The van der Waals surface area contributed by atoms with Gasteiger partial charge in [-0.05, 0) is 37.1 Å². The summed E-state index contributed by atoms with van der Waals surface area (Å²) in [6.45, 7) is 2.28. The molecule has 0 aliphatic carbocycles. The third-order valence-electron chi connectivity index (χ3n) is 3.67. The quantitative estimate of drug-likeness (QED) is 0.830. The molecule has 104 valence electrons. The monoisotopic (exact) mass is 286 g/mol. The molecule has 0 spiro atoms. The standard InChI is InChI=1S/C16H18N2OS/c17-16(19)15-9-8-13(20-15)7-4-10-18-11-14(18)12-5-2-1-3-6-12/h1-3,5-6,8-9,14H,4,7,10-11H2,(H2,17,19)/t14-,18-/m1/s1. The summed E-state index contributed by atoms with van der Waals surface area (Å²) in [7, 11) is 0. The number of primary amides is 1. The van der Waals surface area contributed by atoms with E-state index >= 15 is 0 Å². The van der Waals surface area contributed by atoms with Crippen LogP contribution in [-0.4, -0.2) is 23.9 Å². The molecule has 2 atom stereocenters. The predicted molar refractivity (Wildman–Crippen MR) is 81.9 cm³/mol. The van der Waals surface area contributed by atoms with Gasteiger partial charge < -0.3 is 5.73 Å². The Bertz CT molecular complexity index is 594. The zero-order valence-corrected chi connectivity index (χ0v) is 12.1. The molecule has 3 rings (SSSR count). The van der Waals surface area contributed by atoms with Crippen molar-refractivity contribution in [2.24, 2.45) is 5.73 Å². The van der Waals surface area contributed by atoms with Crippen molar-refractivity contribution in [2.45, 2.75) is 18.9 Å². The Morgan fingerprint density at radius 2 is 2.05 bits per heavy atom. The summed E-state index contributed by atoms with van der Waals surface area (Å²) in [6, 6.07) is 15.1. The maximum absolute atomic E-state index is 11.0. The Morgan fingerprint density at radius 1 is 1.25 bits per heavy atom. The summed E-state index contributed by atoms with van der Waals surface area (Å²) in [5.74, 6) is -0.323. The molecule has 3 nitrogen and oxygen atoms in total. The van der Waals surface area contributed by atoms with Crippen molar-refractivity contribution in [3.63, 3.8) is 0 Å². The van der Waals surface area contributed by atoms with Gasteiger partial charge >= 0.3 is 0 Å². The first-order valence-electron chi connectivity index (χ1n) is 6.91. The van der Waals surface area contributed by atoms with Crippen LogP contribution in [0.15, 0.2) is 42.5 Å². The van der Waals surface area contributed by atoms with Crippen molar-refractivity contribution in [3.8, 4) is 0 Å². The van der Waals surface area contributed by atoms with Crippen molar-refractivity contribution in [2.75, 3.05) is 13.1 Å². The van der Waals surface area contributed by atoms with Crippen LogP contribution in [-0.2, 0) is 6.42 Å². The van der Waals surface area contributed by atoms with Crippen LogP contribution in [0.2, 0.25) is 0 Å². The molecule has 0 radical (unpaired) electrons. The lowest BCUT2D eigenvalue weighted by Gasteiger charge is -2.03. The fourth-order valence-electron chi connectivity index (χ4n) is 2.51. The van der Waals surface area contributed by atoms with Crippen molar-refractivity contribution in [3.05, 3.63) is 57.8 Å². The van der Waals surface area contributed by atoms with Crippen molar-refractivity contribution in [1.82, 2.24) is 4.90 Å². The summed E-state index contributed by atoms with van der Waals surface area (Å²) in [5, 5.41) is 0. The third kappa shape index (κ3) is 3.08. The second-order valence-corrected chi connectivity index (χ2v) is 6.32. The highest BCUT2D eigenvalue weighted by Gasteiger charge is 2.34. The van der Waals surface area contributed by atoms with E-state index in [0.29, 0.717) is 10.9 Å². The number of carbonyl (C=O) groups is 1. The van der Waals surface area contributed by atoms with Crippen LogP contribution < -0.4 is 5.73 Å². The van der Waals surface area contributed by atoms with Gasteiger partial charge in [-0.25, -0.2) is 0 Å². The maximum atomic E-state index is 11.0. The van der Waals surface area contributed by atoms with E-state index in [-0.39, 0.29) is 5.91 Å². The number of aryl methyl sites for hydroxylation is 1. The highest BCUT2D eigenvalue weighted by Crippen LogP contribution is 2.34. The zero-order chi connectivity index (χ0) is 13.9. The molecule has 0 saturated carbocycles. The smallest absolute Gasteiger partial charge is 0.258 e. The second kappa shape index (κ2) is 5.77. The number of hydrogen-bond donors (Lipinski definition) is 1. The summed E-state index contributed by atoms with van der Waals surface area (Å²) in [6.07, 6.45) is 2.15. The first-order valence-corrected chi connectivity index (χ1v) is 7.73. The van der Waals surface area contributed by atoms with Crippen LogP contribution in [0, 0.1) is 0 Å². The van der Waals surface area contributed by atoms with Crippen molar-refractivity contribution >= 4 is 17.2 Å². The molecule has 2 aromatic rings. The predicted octanol–water partition coefficient (Wildman–Crippen LogP) is 2.84. The molecule has 1 aromatic carbocycles. The number of nitrogens with zero attached hydrogens (tertiary/aromatic N) is 1. The lowest BCUT2D eigenvalue weighted by Crippen LogP contribution is -2.08. The number of thiophene rings is 1. The molecule has 1 aliphatic rings. The Labute approximate surface area is 123 Å². The van der Waals surface area contributed by atoms with Crippen LogP contribution in [0.5, 0.6) is 0 Å². The van der Waals surface area contributed by atoms with Crippen molar-refractivity contribution in [1.29, 1.82) is 0 Å². The van der Waals surface area contributed by atoms with E-state index in [1.165, 1.54) is 28.3 Å². The van der Waals surface area contributed by atoms with Crippen LogP contribution in [0.4, 0.5) is 0 Å². The highest BCUT2D eigenvalue weighted by atomic mass is 32.1. The number of benzene rings is 1. The SMILES string of the molecule is NC(=O)c1ccc(CCC[N@]2C[C@@H]2c2ccccc2)s1. The summed E-state index contributed by atoms with van der Waals surface area (Å²) < 4.78 is 0. The van der Waals surface area contributed by atoms with Gasteiger partial charge in [-0.2, -0.15) is 0 Å². The number of carbonyl (C=O) groups excluding carboxylic acids is 1. The first-order chi connectivity index (χ1) is 9.74. The Kier molecular flexibility index (Phi) is 3.85. The molecular formula is C16H18N2OS. The van der Waals surface area contributed by atoms with E-state index < -0.39 is 0 Å². The summed E-state index contributed by atoms with van der Waals surface area (Å²) in [5.41, 5.74) is 6.68. The number of nitrogens with two attached hydrogens (primary N) is 1. The molecule has 0 bridgehead atoms. The normalized spacial score (nSPS) is 20.8. The minimum atomic E-state index is -0.323. The number of rotatable bonds is 6. The number of amides is 1. The average Bonchev–Trinajstić information content (AvgIpc) is 3.07. The van der Waals surface area contributed by atoms with Gasteiger partial charge in [-0.3, -0.25) is 9.69 Å². The Balaban J connectivity index is 1.44. The van der Waals surface area contributed by atoms with E-state index in [4.69, 9.17) is 5.73 Å². The van der Waals surface area contributed by atoms with E-state index in [9.17, 15) is 4.79 Å². The summed E-state index contributed by atoms with van der Waals surface area (Å²) >= 11 is 1.52. The third-order valence-corrected chi connectivity index (χ3v) is 4.83. The van der Waals surface area contributed by atoms with Crippen LogP contribution in [0.1, 0.15) is 32.6 Å². The fourth-order valence-corrected chi connectivity index (χ4v) is 3.42. The van der Waals surface area contributed by atoms with Crippen LogP contribution in [0.3, 0.4) is 0 Å². The molecule has 2 heterocycles. The molecule has 4 heteroatoms. The lowest BCUT2D eigenvalue weighted by molar-refractivity contribution is 0.100. The minimum Gasteiger partial charge on any atom is -0.365 e. The topological polar surface area (TPSA) is 46.1 Å². The fraction of sp³-hybridized carbons (Fsp3) is 0.312. The van der Waals surface area contributed by atoms with Gasteiger partial charge in [0.25, 0.3) is 5.91 Å². The van der Waals surface area contributed by atoms with E-state index in [1.807, 2.05) is 12.1 Å². The highest BCUT2D eigenvalue weighted by molar-refractivity contribution is 7.14. The van der Waals surface area contributed by atoms with E-state index in [1.54, 1.807) is 0 Å². The molecule has 0 unspecified atom stereocenters. The Morgan fingerprint density at radius 3 is 2.75 bits per heavy atom. The van der Waals surface area contributed by atoms with Gasteiger partial charge in [-0.1, -0.05) is 30.3 Å². The van der Waals surface area contributed by atoms with Crippen molar-refractivity contribution < 1.29 is 4.79 Å². The second-order valence-electron chi connectivity index (χ2n) is 5.16. The molecule has 1 aromatic heterocycles. The van der Waals surface area contributed by atoms with Gasteiger partial charge in [0.1, 0.15) is 0 Å². The van der Waals surface area contributed by atoms with Gasteiger partial charge in [0, 0.05) is 17.5 Å². The minimum absolute atomic E-state index is 0.323. The molecular weight excluding hydrogens is 268 g/mol. The van der Waals surface area contributed by atoms with Gasteiger partial charge in [0.05, 0.1) is 4.88 Å². The van der Waals surface area contributed by atoms with Gasteiger partial charge in [-0.15, -0.1) is 11.3 Å². The number of hydrogen-bond acceptors (Lipinski definition) is 3. The molecule has 1 amide bonds. The molecule has 1 fully saturated rings. The summed E-state index contributed by atoms with van der Waals surface area (Å²) in [4.78, 5) is 15.4. The van der Waals surface area contributed by atoms with E-state index in [2.05, 4.69) is 35.2 Å². The molecule has 20 heavy (non-hydrogen) atoms. The Hall–Kier alpha value is -1.65. The molecule has 1 aliphatic heterocycles. The van der Waals surface area contributed by atoms with Gasteiger partial charge in [0.15, 0.2) is 0 Å². The largest absolute Gasteiger partial charge is 0.365 e. The lowest BCUT2D eigenvalue weighted by atomic mass is 10.2. The van der Waals surface area contributed by atoms with Crippen LogP contribution in [0.25, 0.3) is 0 Å². The van der Waals surface area contributed by atoms with E-state index in [0.717, 1.165) is 19.4 Å². The first kappa shape index (κ1) is 13.3. The maximum Gasteiger partial charge on any atom is 0.258 e. The average molecular weight is 286 g/mol. The molecule has 1 saturated heterocycles. The zero-order valence-electron chi connectivity index (χ0n) is 11.3. The van der Waals surface area contributed by atoms with Crippen LogP contribution >= 0.6 is 11.3 Å². The molecule has 2 N–H and O–H groups in total.